The maximum absolute atomic E-state index is 4.43. The van der Waals surface area contributed by atoms with Crippen molar-refractivity contribution in [2.24, 2.45) is 0 Å². The average Bonchev–Trinajstić information content (AvgIpc) is 2.56. The average molecular weight is 254 g/mol. The van der Waals surface area contributed by atoms with Gasteiger partial charge in [-0.3, -0.25) is 4.40 Å². The van der Waals surface area contributed by atoms with Crippen LogP contribution in [0.2, 0.25) is 0 Å². The number of halogens is 2. The lowest BCUT2D eigenvalue weighted by Gasteiger charge is -1.97. The predicted octanol–water partition coefficient (Wildman–Crippen LogP) is 2.27. The van der Waals surface area contributed by atoms with Gasteiger partial charge in [-0.25, -0.2) is 4.98 Å². The molecular weight excluding hydrogens is 241 g/mol. The molecule has 2 aromatic rings. The Hall–Kier alpha value is -0.290. The zero-order valence-corrected chi connectivity index (χ0v) is 10.4. The Morgan fingerprint density at radius 3 is 2.86 bits per heavy atom. The van der Waals surface area contributed by atoms with Crippen molar-refractivity contribution in [3.63, 3.8) is 0 Å². The maximum Gasteiger partial charge on any atom is 0.194 e. The second-order valence-electron chi connectivity index (χ2n) is 2.73. The van der Waals surface area contributed by atoms with Crippen molar-refractivity contribution in [3.8, 4) is 0 Å². The Balaban J connectivity index is 0.000000845. The van der Waals surface area contributed by atoms with Crippen molar-refractivity contribution in [3.05, 3.63) is 23.0 Å². The van der Waals surface area contributed by atoms with E-state index in [-0.39, 0.29) is 24.8 Å². The van der Waals surface area contributed by atoms with Gasteiger partial charge in [-0.05, 0) is 14.0 Å². The van der Waals surface area contributed by atoms with E-state index in [4.69, 9.17) is 0 Å². The third-order valence-corrected chi connectivity index (χ3v) is 2.66. The molecule has 6 heteroatoms. The molecule has 0 saturated heterocycles. The van der Waals surface area contributed by atoms with Crippen molar-refractivity contribution >= 4 is 41.1 Å². The van der Waals surface area contributed by atoms with Crippen LogP contribution in [0.5, 0.6) is 0 Å². The van der Waals surface area contributed by atoms with Crippen LogP contribution in [0.15, 0.2) is 11.6 Å². The first-order chi connectivity index (χ1) is 5.83. The first-order valence-electron chi connectivity index (χ1n) is 3.88. The van der Waals surface area contributed by atoms with Crippen molar-refractivity contribution in [2.75, 3.05) is 7.05 Å². The molecule has 0 aliphatic heterocycles. The van der Waals surface area contributed by atoms with Crippen LogP contribution in [0.3, 0.4) is 0 Å². The first kappa shape index (κ1) is 13.7. The molecule has 0 amide bonds. The molecule has 0 atom stereocenters. The summed E-state index contributed by atoms with van der Waals surface area (Å²) in [5.41, 5.74) is 2.38. The molecule has 0 saturated carbocycles. The van der Waals surface area contributed by atoms with Crippen molar-refractivity contribution in [1.82, 2.24) is 14.7 Å². The molecule has 2 heterocycles. The fraction of sp³-hybridized carbons (Fsp3) is 0.375. The SMILES string of the molecule is CNCc1c(C)nc2sccn12.Cl.Cl. The van der Waals surface area contributed by atoms with Gasteiger partial charge in [0, 0.05) is 18.1 Å². The van der Waals surface area contributed by atoms with Crippen LogP contribution in [-0.2, 0) is 6.54 Å². The summed E-state index contributed by atoms with van der Waals surface area (Å²) in [4.78, 5) is 5.51. The molecule has 0 fully saturated rings. The lowest BCUT2D eigenvalue weighted by Crippen LogP contribution is -2.08. The molecule has 0 spiro atoms. The van der Waals surface area contributed by atoms with E-state index in [0.717, 1.165) is 17.2 Å². The third-order valence-electron chi connectivity index (χ3n) is 1.91. The summed E-state index contributed by atoms with van der Waals surface area (Å²) in [5, 5.41) is 5.19. The number of thiazole rings is 1. The second-order valence-corrected chi connectivity index (χ2v) is 3.60. The zero-order chi connectivity index (χ0) is 8.55. The number of aryl methyl sites for hydroxylation is 1. The molecule has 0 bridgehead atoms. The Labute approximate surface area is 99.4 Å². The van der Waals surface area contributed by atoms with Crippen LogP contribution < -0.4 is 5.32 Å². The standard InChI is InChI=1S/C8H11N3S.2ClH/c1-6-7(5-9-2)11-3-4-12-8(11)10-6;;/h3-4,9H,5H2,1-2H3;2*1H. The van der Waals surface area contributed by atoms with Crippen LogP contribution >= 0.6 is 36.2 Å². The van der Waals surface area contributed by atoms with E-state index in [9.17, 15) is 0 Å². The molecule has 1 N–H and O–H groups in total. The van der Waals surface area contributed by atoms with Gasteiger partial charge < -0.3 is 5.32 Å². The molecule has 0 aliphatic carbocycles. The molecule has 2 aromatic heterocycles. The zero-order valence-electron chi connectivity index (χ0n) is 7.98. The van der Waals surface area contributed by atoms with E-state index >= 15 is 0 Å². The van der Waals surface area contributed by atoms with Crippen LogP contribution in [0, 0.1) is 6.92 Å². The highest BCUT2D eigenvalue weighted by atomic mass is 35.5. The minimum atomic E-state index is 0. The lowest BCUT2D eigenvalue weighted by molar-refractivity contribution is 0.777. The van der Waals surface area contributed by atoms with Gasteiger partial charge in [-0.2, -0.15) is 0 Å². The van der Waals surface area contributed by atoms with E-state index in [1.54, 1.807) is 11.3 Å². The fourth-order valence-electron chi connectivity index (χ4n) is 1.32. The van der Waals surface area contributed by atoms with Crippen LogP contribution in [-0.4, -0.2) is 16.4 Å². The highest BCUT2D eigenvalue weighted by Crippen LogP contribution is 2.16. The molecule has 14 heavy (non-hydrogen) atoms. The largest absolute Gasteiger partial charge is 0.314 e. The smallest absolute Gasteiger partial charge is 0.194 e. The van der Waals surface area contributed by atoms with Gasteiger partial charge in [0.05, 0.1) is 11.4 Å². The van der Waals surface area contributed by atoms with Gasteiger partial charge in [0.15, 0.2) is 4.96 Å². The van der Waals surface area contributed by atoms with E-state index in [1.807, 2.05) is 14.0 Å². The van der Waals surface area contributed by atoms with E-state index in [2.05, 4.69) is 26.3 Å². The highest BCUT2D eigenvalue weighted by Gasteiger charge is 2.07. The Morgan fingerprint density at radius 1 is 1.50 bits per heavy atom. The minimum Gasteiger partial charge on any atom is -0.314 e. The number of imidazole rings is 1. The topological polar surface area (TPSA) is 29.3 Å². The lowest BCUT2D eigenvalue weighted by atomic mass is 10.3. The van der Waals surface area contributed by atoms with E-state index in [0.29, 0.717) is 0 Å². The van der Waals surface area contributed by atoms with Gasteiger partial charge >= 0.3 is 0 Å². The summed E-state index contributed by atoms with van der Waals surface area (Å²) in [6.45, 7) is 2.93. The molecule has 0 radical (unpaired) electrons. The summed E-state index contributed by atoms with van der Waals surface area (Å²) in [6, 6.07) is 0. The number of nitrogens with one attached hydrogen (secondary N) is 1. The first-order valence-corrected chi connectivity index (χ1v) is 4.76. The second kappa shape index (κ2) is 5.56. The fourth-order valence-corrected chi connectivity index (χ4v) is 2.10. The van der Waals surface area contributed by atoms with Gasteiger partial charge in [0.25, 0.3) is 0 Å². The van der Waals surface area contributed by atoms with Crippen molar-refractivity contribution in [2.45, 2.75) is 13.5 Å². The summed E-state index contributed by atoms with van der Waals surface area (Å²) < 4.78 is 2.14. The summed E-state index contributed by atoms with van der Waals surface area (Å²) in [5.74, 6) is 0. The molecule has 80 valence electrons. The Morgan fingerprint density at radius 2 is 2.21 bits per heavy atom. The maximum atomic E-state index is 4.43. The molecule has 3 nitrogen and oxygen atoms in total. The molecule has 0 aliphatic rings. The normalized spacial score (nSPS) is 9.57. The van der Waals surface area contributed by atoms with Crippen LogP contribution in [0.25, 0.3) is 4.96 Å². The minimum absolute atomic E-state index is 0. The number of nitrogens with zero attached hydrogens (tertiary/aromatic N) is 2. The summed E-state index contributed by atoms with van der Waals surface area (Å²) in [6.07, 6.45) is 2.06. The predicted molar refractivity (Wildman–Crippen MR) is 65.1 cm³/mol. The molecular formula is C8H13Cl2N3S. The summed E-state index contributed by atoms with van der Waals surface area (Å²) in [7, 11) is 1.95. The van der Waals surface area contributed by atoms with Gasteiger partial charge in [-0.15, -0.1) is 36.2 Å². The highest BCUT2D eigenvalue weighted by molar-refractivity contribution is 7.15. The van der Waals surface area contributed by atoms with Gasteiger partial charge in [0.2, 0.25) is 0 Å². The quantitative estimate of drug-likeness (QED) is 0.890. The number of hydrogen-bond acceptors (Lipinski definition) is 3. The number of fused-ring (bicyclic) bond motifs is 1. The molecule has 0 aromatic carbocycles. The van der Waals surface area contributed by atoms with Crippen LogP contribution in [0.4, 0.5) is 0 Å². The van der Waals surface area contributed by atoms with E-state index in [1.165, 1.54) is 5.69 Å². The Bertz CT molecular complexity index is 396. The third kappa shape index (κ3) is 2.20. The number of hydrogen-bond donors (Lipinski definition) is 1. The van der Waals surface area contributed by atoms with Crippen LogP contribution in [0.1, 0.15) is 11.4 Å². The number of aromatic nitrogens is 2. The molecule has 2 rings (SSSR count). The summed E-state index contributed by atoms with van der Waals surface area (Å²) >= 11 is 1.67. The van der Waals surface area contributed by atoms with Crippen molar-refractivity contribution < 1.29 is 0 Å². The molecule has 0 unspecified atom stereocenters. The van der Waals surface area contributed by atoms with Gasteiger partial charge in [-0.1, -0.05) is 0 Å². The van der Waals surface area contributed by atoms with Gasteiger partial charge in [0.1, 0.15) is 0 Å². The van der Waals surface area contributed by atoms with E-state index < -0.39 is 0 Å². The van der Waals surface area contributed by atoms with Crippen molar-refractivity contribution in [1.29, 1.82) is 0 Å². The monoisotopic (exact) mass is 253 g/mol. The Kier molecular flexibility index (Phi) is 5.44. The number of rotatable bonds is 2.